The van der Waals surface area contributed by atoms with Crippen LogP contribution in [0.1, 0.15) is 0 Å². The third kappa shape index (κ3) is 2.67. The molecule has 1 heterocycles. The van der Waals surface area contributed by atoms with Crippen molar-refractivity contribution in [3.05, 3.63) is 0 Å². The van der Waals surface area contributed by atoms with E-state index in [-0.39, 0.29) is 12.0 Å². The fourth-order valence-electron chi connectivity index (χ4n) is 0.701. The molecule has 0 aliphatic rings. The summed E-state index contributed by atoms with van der Waals surface area (Å²) in [4.78, 5) is 12.7. The number of amides is 2. The number of aromatic amines is 1. The lowest BCUT2D eigenvalue weighted by Crippen LogP contribution is -2.35. The van der Waals surface area contributed by atoms with Crippen molar-refractivity contribution >= 4 is 12.0 Å². The fourth-order valence-corrected chi connectivity index (χ4v) is 0.701. The quantitative estimate of drug-likeness (QED) is 0.537. The maximum atomic E-state index is 11.2. The summed E-state index contributed by atoms with van der Waals surface area (Å²) in [6, 6.07) is -0.313. The van der Waals surface area contributed by atoms with E-state index in [0.29, 0.717) is 13.1 Å². The van der Waals surface area contributed by atoms with Crippen molar-refractivity contribution in [1.29, 1.82) is 0 Å². The first-order chi connectivity index (χ1) is 6.24. The Balaban J connectivity index is 2.41. The van der Waals surface area contributed by atoms with Crippen LogP contribution < -0.4 is 11.1 Å². The lowest BCUT2D eigenvalue weighted by atomic mass is 10.6. The van der Waals surface area contributed by atoms with Crippen molar-refractivity contribution in [1.82, 2.24) is 25.5 Å². The van der Waals surface area contributed by atoms with Crippen molar-refractivity contribution in [3.8, 4) is 0 Å². The summed E-state index contributed by atoms with van der Waals surface area (Å²) < 4.78 is 0. The molecule has 4 N–H and O–H groups in total. The van der Waals surface area contributed by atoms with Crippen molar-refractivity contribution in [3.63, 3.8) is 0 Å². The molecule has 0 bridgehead atoms. The van der Waals surface area contributed by atoms with Gasteiger partial charge in [0.25, 0.3) is 5.95 Å². The standard InChI is InChI=1S/C5H11N7O/c1-12(3-2-6)5(13)7-4-8-10-11-9-4/h2-3,6H2,1H3,(H2,7,8,9,10,11,13). The first-order valence-electron chi connectivity index (χ1n) is 3.69. The van der Waals surface area contributed by atoms with Crippen molar-refractivity contribution in [2.75, 3.05) is 25.5 Å². The highest BCUT2D eigenvalue weighted by Gasteiger charge is 2.09. The van der Waals surface area contributed by atoms with Gasteiger partial charge in [0.2, 0.25) is 0 Å². The van der Waals surface area contributed by atoms with Gasteiger partial charge in [-0.2, -0.15) is 5.21 Å². The predicted octanol–water partition coefficient (Wildman–Crippen LogP) is -1.38. The van der Waals surface area contributed by atoms with E-state index in [0.717, 1.165) is 0 Å². The minimum absolute atomic E-state index is 0.147. The molecule has 8 nitrogen and oxygen atoms in total. The Kier molecular flexibility index (Phi) is 3.15. The number of nitrogens with zero attached hydrogens (tertiary/aromatic N) is 4. The number of aromatic nitrogens is 4. The monoisotopic (exact) mass is 185 g/mol. The largest absolute Gasteiger partial charge is 0.329 e. The second kappa shape index (κ2) is 4.36. The third-order valence-electron chi connectivity index (χ3n) is 1.38. The molecular formula is C5H11N7O. The second-order valence-electron chi connectivity index (χ2n) is 2.38. The smallest absolute Gasteiger partial charge is 0.324 e. The molecule has 0 fully saturated rings. The second-order valence-corrected chi connectivity index (χ2v) is 2.38. The van der Waals surface area contributed by atoms with Gasteiger partial charge in [0, 0.05) is 20.1 Å². The highest BCUT2D eigenvalue weighted by atomic mass is 16.2. The maximum Gasteiger partial charge on any atom is 0.324 e. The Labute approximate surface area is 74.5 Å². The summed E-state index contributed by atoms with van der Waals surface area (Å²) in [7, 11) is 1.63. The molecule has 13 heavy (non-hydrogen) atoms. The zero-order valence-corrected chi connectivity index (χ0v) is 7.19. The molecule has 0 saturated carbocycles. The SMILES string of the molecule is CN(CCN)C(=O)Nc1nn[nH]n1. The van der Waals surface area contributed by atoms with Gasteiger partial charge in [-0.05, 0) is 5.21 Å². The Bertz CT molecular complexity index is 258. The summed E-state index contributed by atoms with van der Waals surface area (Å²) in [6.45, 7) is 0.889. The van der Waals surface area contributed by atoms with E-state index in [9.17, 15) is 4.79 Å². The number of carbonyl (C=O) groups is 1. The van der Waals surface area contributed by atoms with E-state index in [1.54, 1.807) is 7.05 Å². The van der Waals surface area contributed by atoms with Crippen LogP contribution in [0.3, 0.4) is 0 Å². The van der Waals surface area contributed by atoms with E-state index in [1.807, 2.05) is 0 Å². The molecule has 0 aliphatic carbocycles. The lowest BCUT2D eigenvalue weighted by Gasteiger charge is -2.14. The molecule has 1 rings (SSSR count). The van der Waals surface area contributed by atoms with Crippen LogP contribution in [0.4, 0.5) is 10.7 Å². The summed E-state index contributed by atoms with van der Waals surface area (Å²) >= 11 is 0. The highest BCUT2D eigenvalue weighted by Crippen LogP contribution is 1.93. The van der Waals surface area contributed by atoms with Gasteiger partial charge in [-0.25, -0.2) is 4.79 Å². The lowest BCUT2D eigenvalue weighted by molar-refractivity contribution is 0.223. The average molecular weight is 185 g/mol. The van der Waals surface area contributed by atoms with E-state index in [2.05, 4.69) is 25.9 Å². The van der Waals surface area contributed by atoms with Gasteiger partial charge in [0.05, 0.1) is 0 Å². The Morgan fingerprint density at radius 3 is 3.08 bits per heavy atom. The maximum absolute atomic E-state index is 11.2. The van der Waals surface area contributed by atoms with E-state index in [4.69, 9.17) is 5.73 Å². The van der Waals surface area contributed by atoms with E-state index >= 15 is 0 Å². The Morgan fingerprint density at radius 1 is 1.77 bits per heavy atom. The van der Waals surface area contributed by atoms with Crippen LogP contribution in [0.25, 0.3) is 0 Å². The summed E-state index contributed by atoms with van der Waals surface area (Å²) in [5.41, 5.74) is 5.27. The van der Waals surface area contributed by atoms with Gasteiger partial charge in [-0.3, -0.25) is 5.32 Å². The molecule has 0 aromatic carbocycles. The number of likely N-dealkylation sites (N-methyl/N-ethyl adjacent to an activating group) is 1. The van der Waals surface area contributed by atoms with Crippen molar-refractivity contribution in [2.24, 2.45) is 5.73 Å². The van der Waals surface area contributed by atoms with Gasteiger partial charge in [-0.1, -0.05) is 5.10 Å². The Hall–Kier alpha value is -1.70. The zero-order valence-electron chi connectivity index (χ0n) is 7.19. The van der Waals surface area contributed by atoms with Crippen molar-refractivity contribution < 1.29 is 4.79 Å². The molecule has 0 aliphatic heterocycles. The number of hydrogen-bond acceptors (Lipinski definition) is 5. The number of anilines is 1. The van der Waals surface area contributed by atoms with Crippen molar-refractivity contribution in [2.45, 2.75) is 0 Å². The topological polar surface area (TPSA) is 113 Å². The van der Waals surface area contributed by atoms with E-state index in [1.165, 1.54) is 4.90 Å². The zero-order chi connectivity index (χ0) is 9.68. The van der Waals surface area contributed by atoms with Crippen LogP contribution in [-0.4, -0.2) is 51.7 Å². The summed E-state index contributed by atoms with van der Waals surface area (Å²) in [5, 5.41) is 15.0. The van der Waals surface area contributed by atoms with Crippen LogP contribution in [0.2, 0.25) is 0 Å². The molecular weight excluding hydrogens is 174 g/mol. The minimum Gasteiger partial charge on any atom is -0.329 e. The number of nitrogens with two attached hydrogens (primary N) is 1. The molecule has 72 valence electrons. The van der Waals surface area contributed by atoms with Gasteiger partial charge < -0.3 is 10.6 Å². The molecule has 2 amide bonds. The van der Waals surface area contributed by atoms with Crippen LogP contribution >= 0.6 is 0 Å². The fraction of sp³-hybridized carbons (Fsp3) is 0.600. The van der Waals surface area contributed by atoms with Gasteiger partial charge in [0.1, 0.15) is 0 Å². The van der Waals surface area contributed by atoms with Gasteiger partial charge in [0.15, 0.2) is 0 Å². The minimum atomic E-state index is -0.313. The summed E-state index contributed by atoms with van der Waals surface area (Å²) in [5.74, 6) is 0.147. The Morgan fingerprint density at radius 2 is 2.54 bits per heavy atom. The number of rotatable bonds is 3. The van der Waals surface area contributed by atoms with Crippen LogP contribution in [0.15, 0.2) is 0 Å². The van der Waals surface area contributed by atoms with Crippen LogP contribution in [0, 0.1) is 0 Å². The predicted molar refractivity (Wildman–Crippen MR) is 44.9 cm³/mol. The number of urea groups is 1. The number of carbonyl (C=O) groups excluding carboxylic acids is 1. The molecule has 0 spiro atoms. The first-order valence-corrected chi connectivity index (χ1v) is 3.69. The molecule has 0 atom stereocenters. The van der Waals surface area contributed by atoms with Gasteiger partial charge in [-0.15, -0.1) is 5.10 Å². The van der Waals surface area contributed by atoms with E-state index < -0.39 is 0 Å². The molecule has 0 radical (unpaired) electrons. The molecule has 8 heteroatoms. The first kappa shape index (κ1) is 9.39. The number of hydrogen-bond donors (Lipinski definition) is 3. The third-order valence-corrected chi connectivity index (χ3v) is 1.38. The number of H-pyrrole nitrogens is 1. The molecule has 0 saturated heterocycles. The molecule has 1 aromatic rings. The normalized spacial score (nSPS) is 9.69. The average Bonchev–Trinajstić information content (AvgIpc) is 2.57. The molecule has 0 unspecified atom stereocenters. The van der Waals surface area contributed by atoms with Gasteiger partial charge >= 0.3 is 6.03 Å². The van der Waals surface area contributed by atoms with Crippen LogP contribution in [-0.2, 0) is 0 Å². The van der Waals surface area contributed by atoms with Crippen LogP contribution in [0.5, 0.6) is 0 Å². The summed E-state index contributed by atoms with van der Waals surface area (Å²) in [6.07, 6.45) is 0. The number of nitrogens with one attached hydrogen (secondary N) is 2. The highest BCUT2D eigenvalue weighted by molar-refractivity contribution is 5.86. The molecule has 1 aromatic heterocycles. The number of tetrazole rings is 1.